The molecule has 0 amide bonds. The van der Waals surface area contributed by atoms with E-state index in [1.54, 1.807) is 0 Å². The second kappa shape index (κ2) is 2.63. The fraction of sp³-hybridized carbons (Fsp3) is 0.833. The van der Waals surface area contributed by atoms with Crippen LogP contribution in [0.25, 0.3) is 0 Å². The van der Waals surface area contributed by atoms with Gasteiger partial charge in [-0.1, -0.05) is 12.8 Å². The van der Waals surface area contributed by atoms with Crippen molar-refractivity contribution in [1.82, 2.24) is 0 Å². The summed E-state index contributed by atoms with van der Waals surface area (Å²) < 4.78 is 0. The summed E-state index contributed by atoms with van der Waals surface area (Å²) >= 11 is 0. The number of nitrogens with zero attached hydrogens (tertiary/aromatic N) is 1. The lowest BCUT2D eigenvalue weighted by Crippen LogP contribution is -1.92. The monoisotopic (exact) mass is 110 g/mol. The van der Waals surface area contributed by atoms with E-state index >= 15 is 0 Å². The minimum absolute atomic E-state index is 0.437. The molecule has 0 heterocycles. The molecule has 8 heavy (non-hydrogen) atoms. The Kier molecular flexibility index (Phi) is 1.81. The maximum Gasteiger partial charge on any atom is 0.0864 e. The van der Waals surface area contributed by atoms with Crippen LogP contribution in [0, 0.1) is 5.41 Å². The van der Waals surface area contributed by atoms with E-state index in [0.29, 0.717) is 6.04 Å². The fourth-order valence-electron chi connectivity index (χ4n) is 1.12. The molecule has 2 nitrogen and oxygen atoms in total. The third-order valence-corrected chi connectivity index (χ3v) is 1.57. The summed E-state index contributed by atoms with van der Waals surface area (Å²) in [7, 11) is 0. The smallest absolute Gasteiger partial charge is 0.0864 e. The lowest BCUT2D eigenvalue weighted by Gasteiger charge is -1.93. The lowest BCUT2D eigenvalue weighted by atomic mass is 10.3. The summed E-state index contributed by atoms with van der Waals surface area (Å²) in [5.74, 6) is 0. The van der Waals surface area contributed by atoms with Crippen LogP contribution in [0.3, 0.4) is 0 Å². The molecule has 1 fully saturated rings. The number of nitrogens with one attached hydrogen (secondary N) is 1. The molecule has 0 aromatic rings. The van der Waals surface area contributed by atoms with Gasteiger partial charge in [-0.3, -0.25) is 0 Å². The van der Waals surface area contributed by atoms with Crippen LogP contribution >= 0.6 is 0 Å². The molecule has 0 radical (unpaired) electrons. The normalized spacial score (nSPS) is 20.5. The topological polar surface area (TPSA) is 36.2 Å². The van der Waals surface area contributed by atoms with Crippen LogP contribution < -0.4 is 0 Å². The Morgan fingerprint density at radius 2 is 2.00 bits per heavy atom. The highest BCUT2D eigenvalue weighted by Crippen LogP contribution is 2.19. The van der Waals surface area contributed by atoms with Crippen molar-refractivity contribution in [2.75, 3.05) is 0 Å². The Morgan fingerprint density at radius 1 is 1.38 bits per heavy atom. The van der Waals surface area contributed by atoms with E-state index in [0.717, 1.165) is 0 Å². The molecule has 1 rings (SSSR count). The first-order chi connectivity index (χ1) is 3.93. The predicted octanol–water partition coefficient (Wildman–Crippen LogP) is 1.68. The Morgan fingerprint density at radius 3 is 2.50 bits per heavy atom. The number of hydrogen-bond donors (Lipinski definition) is 1. The van der Waals surface area contributed by atoms with E-state index in [1.165, 1.54) is 25.7 Å². The van der Waals surface area contributed by atoms with Crippen molar-refractivity contribution < 1.29 is 0 Å². The zero-order chi connectivity index (χ0) is 5.82. The Hall–Kier alpha value is -0.620. The molecule has 1 aliphatic carbocycles. The Bertz CT molecular complexity index is 108. The van der Waals surface area contributed by atoms with Gasteiger partial charge >= 0.3 is 0 Å². The average Bonchev–Trinajstić information content (AvgIpc) is 2.19. The largest absolute Gasteiger partial charge is 0.242 e. The van der Waals surface area contributed by atoms with Crippen LogP contribution in [0.5, 0.6) is 0 Å². The first-order valence-corrected chi connectivity index (χ1v) is 3.05. The number of hydrogen-bond acceptors (Lipinski definition) is 2. The Balaban J connectivity index is 2.35. The molecule has 1 aliphatic rings. The second-order valence-electron chi connectivity index (χ2n) is 2.18. The highest BCUT2D eigenvalue weighted by Gasteiger charge is 2.11. The zero-order valence-corrected chi connectivity index (χ0v) is 4.85. The molecule has 0 aromatic heterocycles. The molecule has 0 aromatic carbocycles. The van der Waals surface area contributed by atoms with Crippen molar-refractivity contribution in [3.63, 3.8) is 0 Å². The summed E-state index contributed by atoms with van der Waals surface area (Å²) in [6.45, 7) is 0. The van der Waals surface area contributed by atoms with Crippen LogP contribution in [-0.4, -0.2) is 12.1 Å². The van der Waals surface area contributed by atoms with Gasteiger partial charge in [0, 0.05) is 0 Å². The summed E-state index contributed by atoms with van der Waals surface area (Å²) in [6.07, 6.45) is 4.92. The molecule has 1 saturated carbocycles. The first-order valence-electron chi connectivity index (χ1n) is 3.05. The van der Waals surface area contributed by atoms with E-state index in [9.17, 15) is 0 Å². The number of rotatable bonds is 1. The van der Waals surface area contributed by atoms with Gasteiger partial charge < -0.3 is 0 Å². The van der Waals surface area contributed by atoms with Crippen molar-refractivity contribution in [3.05, 3.63) is 0 Å². The van der Waals surface area contributed by atoms with E-state index in [2.05, 4.69) is 11.0 Å². The maximum absolute atomic E-state index is 6.55. The summed E-state index contributed by atoms with van der Waals surface area (Å²) in [4.78, 5) is 3.84. The van der Waals surface area contributed by atoms with E-state index in [4.69, 9.17) is 5.41 Å². The third-order valence-electron chi connectivity index (χ3n) is 1.57. The lowest BCUT2D eigenvalue weighted by molar-refractivity contribution is 0.710. The van der Waals surface area contributed by atoms with Gasteiger partial charge in [0.15, 0.2) is 0 Å². The molecule has 2 heteroatoms. The minimum atomic E-state index is 0.437. The van der Waals surface area contributed by atoms with Gasteiger partial charge in [0.2, 0.25) is 0 Å². The van der Waals surface area contributed by atoms with Gasteiger partial charge in [-0.2, -0.15) is 0 Å². The van der Waals surface area contributed by atoms with Crippen molar-refractivity contribution in [2.24, 2.45) is 4.99 Å². The van der Waals surface area contributed by atoms with Gasteiger partial charge in [0.25, 0.3) is 0 Å². The highest BCUT2D eigenvalue weighted by atomic mass is 14.8. The summed E-state index contributed by atoms with van der Waals surface area (Å²) in [5, 5.41) is 6.55. The first kappa shape index (κ1) is 5.52. The van der Waals surface area contributed by atoms with Crippen molar-refractivity contribution >= 4 is 6.01 Å². The summed E-state index contributed by atoms with van der Waals surface area (Å²) in [6, 6.07) is 2.52. The van der Waals surface area contributed by atoms with Gasteiger partial charge in [0.05, 0.1) is 12.1 Å². The standard InChI is InChI=1S/C6H10N2/c7-5-8-6-3-1-2-4-6/h6-7H,1-4H2. The number of aliphatic imine (C=N–C) groups is 1. The van der Waals surface area contributed by atoms with Crippen molar-refractivity contribution in [2.45, 2.75) is 31.7 Å². The molecule has 0 unspecified atom stereocenters. The van der Waals surface area contributed by atoms with Gasteiger partial charge in [-0.25, -0.2) is 10.4 Å². The quantitative estimate of drug-likeness (QED) is 0.498. The van der Waals surface area contributed by atoms with Crippen LogP contribution in [0.4, 0.5) is 0 Å². The summed E-state index contributed by atoms with van der Waals surface area (Å²) in [5.41, 5.74) is 0. The van der Waals surface area contributed by atoms with E-state index < -0.39 is 0 Å². The molecule has 1 N–H and O–H groups in total. The average molecular weight is 110 g/mol. The van der Waals surface area contributed by atoms with Crippen LogP contribution in [0.15, 0.2) is 4.99 Å². The molecule has 0 atom stereocenters. The van der Waals surface area contributed by atoms with Gasteiger partial charge in [0.1, 0.15) is 0 Å². The van der Waals surface area contributed by atoms with Crippen LogP contribution in [-0.2, 0) is 0 Å². The molecular weight excluding hydrogens is 100 g/mol. The van der Waals surface area contributed by atoms with E-state index in [1.807, 2.05) is 0 Å². The highest BCUT2D eigenvalue weighted by molar-refractivity contribution is 5.36. The zero-order valence-electron chi connectivity index (χ0n) is 4.85. The maximum atomic E-state index is 6.55. The minimum Gasteiger partial charge on any atom is -0.242 e. The van der Waals surface area contributed by atoms with Gasteiger partial charge in [-0.15, -0.1) is 0 Å². The second-order valence-corrected chi connectivity index (χ2v) is 2.18. The molecule has 0 bridgehead atoms. The van der Waals surface area contributed by atoms with E-state index in [-0.39, 0.29) is 0 Å². The third kappa shape index (κ3) is 1.17. The van der Waals surface area contributed by atoms with Crippen molar-refractivity contribution in [1.29, 1.82) is 5.41 Å². The molecule has 0 saturated heterocycles. The molecule has 0 aliphatic heterocycles. The SMILES string of the molecule is N=C=NC1CCCC1. The Labute approximate surface area is 49.1 Å². The molecule has 44 valence electrons. The van der Waals surface area contributed by atoms with Crippen molar-refractivity contribution in [3.8, 4) is 0 Å². The molecular formula is C6H10N2. The van der Waals surface area contributed by atoms with Gasteiger partial charge in [-0.05, 0) is 12.8 Å². The molecule has 0 spiro atoms. The van der Waals surface area contributed by atoms with Crippen LogP contribution in [0.2, 0.25) is 0 Å². The fourth-order valence-corrected chi connectivity index (χ4v) is 1.12. The van der Waals surface area contributed by atoms with Crippen LogP contribution in [0.1, 0.15) is 25.7 Å². The predicted molar refractivity (Wildman–Crippen MR) is 32.4 cm³/mol.